The van der Waals surface area contributed by atoms with Gasteiger partial charge in [0.2, 0.25) is 23.6 Å². The summed E-state index contributed by atoms with van der Waals surface area (Å²) in [6, 6.07) is 10.1. The fourth-order valence-electron chi connectivity index (χ4n) is 5.21. The van der Waals surface area contributed by atoms with Gasteiger partial charge in [-0.25, -0.2) is 9.78 Å². The summed E-state index contributed by atoms with van der Waals surface area (Å²) in [5.74, 6) is -1.45. The Balaban J connectivity index is 1.35. The van der Waals surface area contributed by atoms with Crippen LogP contribution in [0.25, 0.3) is 22.5 Å². The first kappa shape index (κ1) is 31.2. The number of urea groups is 1. The summed E-state index contributed by atoms with van der Waals surface area (Å²) in [7, 11) is 4.39. The molecule has 5 rings (SSSR count). The molecule has 0 spiro atoms. The number of aromatic nitrogens is 2. The summed E-state index contributed by atoms with van der Waals surface area (Å²) in [5.41, 5.74) is 2.71. The first-order valence-corrected chi connectivity index (χ1v) is 14.7. The van der Waals surface area contributed by atoms with E-state index in [0.717, 1.165) is 16.9 Å². The average molecular weight is 641 g/mol. The third-order valence-electron chi connectivity index (χ3n) is 7.61. The van der Waals surface area contributed by atoms with Crippen molar-refractivity contribution in [2.24, 2.45) is 5.92 Å². The lowest BCUT2D eigenvalue weighted by molar-refractivity contribution is -0.140. The highest BCUT2D eigenvalue weighted by Gasteiger charge is 2.39. The minimum absolute atomic E-state index is 0.0456. The van der Waals surface area contributed by atoms with Crippen LogP contribution in [0.1, 0.15) is 18.4 Å². The van der Waals surface area contributed by atoms with Gasteiger partial charge in [0, 0.05) is 74.6 Å². The fourth-order valence-corrected chi connectivity index (χ4v) is 5.80. The van der Waals surface area contributed by atoms with E-state index in [2.05, 4.69) is 25.9 Å². The number of imide groups is 1. The maximum atomic E-state index is 13.1. The number of amides is 5. The molecule has 2 aliphatic heterocycles. The van der Waals surface area contributed by atoms with Crippen LogP contribution in [0.3, 0.4) is 0 Å². The van der Waals surface area contributed by atoms with Crippen molar-refractivity contribution in [3.8, 4) is 28.4 Å². The number of carbonyl (C=O) groups excluding carboxylic acids is 4. The molecule has 44 heavy (non-hydrogen) atoms. The SMILES string of the molecule is COc1nc(-c2cccc(-c3cccc(NC(=O)C4CN(C)C(=O)N(C)C4=O)c3Cl)c2Cl)ncc1CNC[C@@H]1CCC(=O)N1. The lowest BCUT2D eigenvalue weighted by atomic mass is 10.0. The summed E-state index contributed by atoms with van der Waals surface area (Å²) in [6.07, 6.45) is 3.00. The second-order valence-corrected chi connectivity index (χ2v) is 11.4. The number of nitrogens with zero attached hydrogens (tertiary/aromatic N) is 4. The molecule has 3 aromatic rings. The molecule has 0 aliphatic carbocycles. The minimum Gasteiger partial charge on any atom is -0.481 e. The van der Waals surface area contributed by atoms with Gasteiger partial charge in [-0.3, -0.25) is 19.3 Å². The third kappa shape index (κ3) is 6.33. The van der Waals surface area contributed by atoms with Crippen LogP contribution in [0.2, 0.25) is 10.0 Å². The Morgan fingerprint density at radius 3 is 2.48 bits per heavy atom. The van der Waals surface area contributed by atoms with Crippen molar-refractivity contribution in [2.45, 2.75) is 25.4 Å². The number of methoxy groups -OCH3 is 1. The standard InChI is InChI=1S/C30H31Cl2N7O5/c1-38-15-21(29(42)39(2)30(38)43)27(41)36-22-9-5-7-19(25(22)32)18-6-4-8-20(24(18)31)26-34-13-16(28(37-26)44-3)12-33-14-17-10-11-23(40)35-17/h4-9,13,17,21,33H,10-12,14-15H2,1-3H3,(H,35,40)(H,36,41)/t17-,21?/m0/s1. The Kier molecular flexibility index (Phi) is 9.33. The third-order valence-corrected chi connectivity index (χ3v) is 8.43. The zero-order valence-corrected chi connectivity index (χ0v) is 25.8. The average Bonchev–Trinajstić information content (AvgIpc) is 3.44. The second kappa shape index (κ2) is 13.2. The van der Waals surface area contributed by atoms with E-state index in [1.165, 1.54) is 26.1 Å². The maximum absolute atomic E-state index is 13.1. The molecule has 3 N–H and O–H groups in total. The van der Waals surface area contributed by atoms with Crippen LogP contribution >= 0.6 is 23.2 Å². The molecule has 230 valence electrons. The van der Waals surface area contributed by atoms with Crippen LogP contribution in [-0.2, 0) is 20.9 Å². The molecule has 3 heterocycles. The summed E-state index contributed by atoms with van der Waals surface area (Å²) in [6.45, 7) is 1.03. The van der Waals surface area contributed by atoms with Crippen molar-refractivity contribution in [3.05, 3.63) is 58.2 Å². The van der Waals surface area contributed by atoms with Crippen molar-refractivity contribution in [2.75, 3.05) is 39.6 Å². The Morgan fingerprint density at radius 1 is 1.07 bits per heavy atom. The first-order chi connectivity index (χ1) is 21.1. The van der Waals surface area contributed by atoms with Gasteiger partial charge >= 0.3 is 6.03 Å². The number of hydrogen-bond acceptors (Lipinski definition) is 8. The normalized spacial score (nSPS) is 18.4. The molecule has 2 fully saturated rings. The van der Waals surface area contributed by atoms with Crippen molar-refractivity contribution in [1.82, 2.24) is 30.4 Å². The largest absolute Gasteiger partial charge is 0.481 e. The van der Waals surface area contributed by atoms with E-state index in [-0.39, 0.29) is 29.2 Å². The molecular formula is C30H31Cl2N7O5. The molecule has 1 aromatic heterocycles. The predicted octanol–water partition coefficient (Wildman–Crippen LogP) is 3.57. The van der Waals surface area contributed by atoms with Crippen molar-refractivity contribution >= 4 is 52.6 Å². The summed E-state index contributed by atoms with van der Waals surface area (Å²) in [5, 5.41) is 9.53. The quantitative estimate of drug-likeness (QED) is 0.301. The van der Waals surface area contributed by atoms with Gasteiger partial charge in [0.1, 0.15) is 5.92 Å². The Bertz CT molecular complexity index is 1640. The van der Waals surface area contributed by atoms with Gasteiger partial charge in [0.15, 0.2) is 5.82 Å². The number of anilines is 1. The van der Waals surface area contributed by atoms with E-state index in [4.69, 9.17) is 27.9 Å². The molecule has 14 heteroatoms. The molecule has 0 bridgehead atoms. The molecular weight excluding hydrogens is 609 g/mol. The zero-order chi connectivity index (χ0) is 31.5. The number of carbonyl (C=O) groups is 4. The molecule has 0 radical (unpaired) electrons. The van der Waals surface area contributed by atoms with Gasteiger partial charge in [0.25, 0.3) is 0 Å². The van der Waals surface area contributed by atoms with E-state index in [9.17, 15) is 19.2 Å². The zero-order valence-electron chi connectivity index (χ0n) is 24.3. The van der Waals surface area contributed by atoms with Gasteiger partial charge in [-0.15, -0.1) is 0 Å². The number of benzene rings is 2. The Hall–Kier alpha value is -4.26. The number of hydrogen-bond donors (Lipinski definition) is 3. The summed E-state index contributed by atoms with van der Waals surface area (Å²) >= 11 is 13.7. The van der Waals surface area contributed by atoms with E-state index in [1.54, 1.807) is 42.6 Å². The molecule has 2 aliphatic rings. The molecule has 1 unspecified atom stereocenters. The Labute approximate surface area is 264 Å². The topological polar surface area (TPSA) is 146 Å². The summed E-state index contributed by atoms with van der Waals surface area (Å²) in [4.78, 5) is 60.6. The molecule has 0 saturated carbocycles. The van der Waals surface area contributed by atoms with Crippen LogP contribution in [0.15, 0.2) is 42.6 Å². The predicted molar refractivity (Wildman–Crippen MR) is 165 cm³/mol. The Morgan fingerprint density at radius 2 is 1.77 bits per heavy atom. The fraction of sp³-hybridized carbons (Fsp3) is 0.333. The number of ether oxygens (including phenoxy) is 1. The van der Waals surface area contributed by atoms with Gasteiger partial charge in [-0.2, -0.15) is 4.98 Å². The van der Waals surface area contributed by atoms with Crippen molar-refractivity contribution in [3.63, 3.8) is 0 Å². The smallest absolute Gasteiger partial charge is 0.326 e. The van der Waals surface area contributed by atoms with Crippen LogP contribution in [-0.4, -0.2) is 83.9 Å². The highest BCUT2D eigenvalue weighted by atomic mass is 35.5. The van der Waals surface area contributed by atoms with Gasteiger partial charge < -0.3 is 25.6 Å². The number of rotatable bonds is 9. The van der Waals surface area contributed by atoms with Crippen LogP contribution in [0, 0.1) is 5.92 Å². The molecule has 2 aromatic carbocycles. The maximum Gasteiger partial charge on any atom is 0.326 e. The lowest BCUT2D eigenvalue weighted by Crippen LogP contribution is -2.56. The highest BCUT2D eigenvalue weighted by molar-refractivity contribution is 6.39. The van der Waals surface area contributed by atoms with E-state index >= 15 is 0 Å². The van der Waals surface area contributed by atoms with Gasteiger partial charge in [-0.05, 0) is 18.6 Å². The highest BCUT2D eigenvalue weighted by Crippen LogP contribution is 2.41. The van der Waals surface area contributed by atoms with Crippen molar-refractivity contribution < 1.29 is 23.9 Å². The van der Waals surface area contributed by atoms with Crippen molar-refractivity contribution in [1.29, 1.82) is 0 Å². The number of nitrogens with one attached hydrogen (secondary N) is 3. The van der Waals surface area contributed by atoms with E-state index in [0.29, 0.717) is 52.9 Å². The van der Waals surface area contributed by atoms with Crippen LogP contribution in [0.4, 0.5) is 10.5 Å². The summed E-state index contributed by atoms with van der Waals surface area (Å²) < 4.78 is 5.54. The van der Waals surface area contributed by atoms with Crippen LogP contribution < -0.4 is 20.7 Å². The monoisotopic (exact) mass is 639 g/mol. The lowest BCUT2D eigenvalue weighted by Gasteiger charge is -2.33. The molecule has 2 atom stereocenters. The first-order valence-electron chi connectivity index (χ1n) is 13.9. The molecule has 12 nitrogen and oxygen atoms in total. The minimum atomic E-state index is -1.08. The molecule has 5 amide bonds. The van der Waals surface area contributed by atoms with E-state index in [1.807, 2.05) is 0 Å². The van der Waals surface area contributed by atoms with Crippen LogP contribution in [0.5, 0.6) is 5.88 Å². The van der Waals surface area contributed by atoms with Gasteiger partial charge in [-0.1, -0.05) is 47.5 Å². The van der Waals surface area contributed by atoms with Gasteiger partial charge in [0.05, 0.1) is 22.8 Å². The second-order valence-electron chi connectivity index (χ2n) is 10.6. The number of halogens is 2. The van der Waals surface area contributed by atoms with E-state index < -0.39 is 23.8 Å². The molecule has 2 saturated heterocycles.